The molecule has 4 N–H and O–H groups in total. The van der Waals surface area contributed by atoms with E-state index in [9.17, 15) is 19.2 Å². The standard InChI is InChI=1S/C21H30N6O4S2/c22-8-13-26(14-10-23-17(28)6-12-27-20(30)4-5-21(27)31)15-11-24-18(29)7-16-32-33-19-3-1-2-9-25-19/h1-5,9H,6-8,10-16,22H2,(H,23,28)(H,24,29). The van der Waals surface area contributed by atoms with E-state index in [1.165, 1.54) is 12.2 Å². The number of nitrogens with zero attached hydrogens (tertiary/aromatic N) is 3. The summed E-state index contributed by atoms with van der Waals surface area (Å²) in [6.07, 6.45) is 4.62. The van der Waals surface area contributed by atoms with Gasteiger partial charge in [-0.15, -0.1) is 0 Å². The fourth-order valence-corrected chi connectivity index (χ4v) is 4.77. The Kier molecular flexibility index (Phi) is 12.6. The zero-order valence-corrected chi connectivity index (χ0v) is 20.0. The largest absolute Gasteiger partial charge is 0.355 e. The van der Waals surface area contributed by atoms with Crippen LogP contribution >= 0.6 is 21.6 Å². The molecule has 12 heteroatoms. The van der Waals surface area contributed by atoms with Gasteiger partial charge in [0.1, 0.15) is 5.03 Å². The second-order valence-corrected chi connectivity index (χ2v) is 9.50. The predicted octanol–water partition coefficient (Wildman–Crippen LogP) is 0.0202. The molecule has 0 saturated heterocycles. The molecular formula is C21H30N6O4S2. The molecule has 1 aliphatic heterocycles. The van der Waals surface area contributed by atoms with Crippen molar-refractivity contribution in [2.45, 2.75) is 17.9 Å². The lowest BCUT2D eigenvalue weighted by Gasteiger charge is -2.22. The normalized spacial score (nSPS) is 13.1. The lowest BCUT2D eigenvalue weighted by Crippen LogP contribution is -2.42. The first kappa shape index (κ1) is 26.8. The number of imide groups is 1. The maximum absolute atomic E-state index is 12.0. The quantitative estimate of drug-likeness (QED) is 0.165. The third-order valence-electron chi connectivity index (χ3n) is 4.60. The number of aromatic nitrogens is 1. The maximum atomic E-state index is 12.0. The summed E-state index contributed by atoms with van der Waals surface area (Å²) in [7, 11) is 3.14. The molecule has 4 amide bonds. The first-order valence-corrected chi connectivity index (χ1v) is 13.0. The molecule has 180 valence electrons. The third-order valence-corrected chi connectivity index (χ3v) is 6.87. The fraction of sp³-hybridized carbons (Fsp3) is 0.476. The summed E-state index contributed by atoms with van der Waals surface area (Å²) in [6, 6.07) is 5.72. The number of carbonyl (C=O) groups excluding carboxylic acids is 4. The second-order valence-electron chi connectivity index (χ2n) is 7.06. The van der Waals surface area contributed by atoms with Crippen molar-refractivity contribution in [2.24, 2.45) is 5.73 Å². The summed E-state index contributed by atoms with van der Waals surface area (Å²) >= 11 is 0. The Morgan fingerprint density at radius 3 is 2.27 bits per heavy atom. The molecule has 1 aromatic rings. The smallest absolute Gasteiger partial charge is 0.253 e. The van der Waals surface area contributed by atoms with Crippen LogP contribution < -0.4 is 16.4 Å². The van der Waals surface area contributed by atoms with Crippen molar-refractivity contribution in [2.75, 3.05) is 51.6 Å². The molecule has 0 spiro atoms. The lowest BCUT2D eigenvalue weighted by molar-refractivity contribution is -0.137. The first-order valence-electron chi connectivity index (χ1n) is 10.7. The number of pyridine rings is 1. The minimum absolute atomic E-state index is 0.00869. The predicted molar refractivity (Wildman–Crippen MR) is 129 cm³/mol. The molecule has 10 nitrogen and oxygen atoms in total. The number of rotatable bonds is 16. The van der Waals surface area contributed by atoms with Gasteiger partial charge in [-0.1, -0.05) is 16.9 Å². The van der Waals surface area contributed by atoms with Gasteiger partial charge < -0.3 is 16.4 Å². The maximum Gasteiger partial charge on any atom is 0.253 e. The molecule has 0 bridgehead atoms. The van der Waals surface area contributed by atoms with Crippen LogP contribution in [0, 0.1) is 0 Å². The van der Waals surface area contributed by atoms with Crippen molar-refractivity contribution < 1.29 is 19.2 Å². The summed E-state index contributed by atoms with van der Waals surface area (Å²) in [5.74, 6) is -0.338. The first-order chi connectivity index (χ1) is 16.0. The van der Waals surface area contributed by atoms with Crippen molar-refractivity contribution >= 4 is 45.2 Å². The van der Waals surface area contributed by atoms with Crippen LogP contribution in [-0.4, -0.2) is 90.0 Å². The van der Waals surface area contributed by atoms with E-state index in [1.807, 2.05) is 18.2 Å². The van der Waals surface area contributed by atoms with Crippen LogP contribution in [0.25, 0.3) is 0 Å². The van der Waals surface area contributed by atoms with Crippen LogP contribution in [0.3, 0.4) is 0 Å². The van der Waals surface area contributed by atoms with Gasteiger partial charge in [-0.25, -0.2) is 4.98 Å². The van der Waals surface area contributed by atoms with E-state index in [0.29, 0.717) is 51.4 Å². The van der Waals surface area contributed by atoms with Crippen molar-refractivity contribution in [1.29, 1.82) is 0 Å². The molecule has 1 aliphatic rings. The van der Waals surface area contributed by atoms with E-state index in [1.54, 1.807) is 27.8 Å². The van der Waals surface area contributed by atoms with Crippen LogP contribution in [0.1, 0.15) is 12.8 Å². The average molecular weight is 495 g/mol. The summed E-state index contributed by atoms with van der Waals surface area (Å²) in [6.45, 7) is 3.29. The molecule has 0 saturated carbocycles. The molecule has 0 fully saturated rings. The number of hydrogen-bond donors (Lipinski definition) is 3. The van der Waals surface area contributed by atoms with Gasteiger partial charge in [0.15, 0.2) is 0 Å². The van der Waals surface area contributed by atoms with Gasteiger partial charge in [0.25, 0.3) is 11.8 Å². The fourth-order valence-electron chi connectivity index (χ4n) is 2.90. The number of hydrogen-bond acceptors (Lipinski definition) is 9. The summed E-state index contributed by atoms with van der Waals surface area (Å²) < 4.78 is 0. The monoisotopic (exact) mass is 494 g/mol. The van der Waals surface area contributed by atoms with Crippen molar-refractivity contribution in [1.82, 2.24) is 25.4 Å². The molecule has 0 aromatic carbocycles. The van der Waals surface area contributed by atoms with E-state index < -0.39 is 11.8 Å². The van der Waals surface area contributed by atoms with E-state index in [-0.39, 0.29) is 24.8 Å². The summed E-state index contributed by atoms with van der Waals surface area (Å²) in [5, 5.41) is 6.61. The highest BCUT2D eigenvalue weighted by atomic mass is 33.1. The van der Waals surface area contributed by atoms with Gasteiger partial charge >= 0.3 is 0 Å². The van der Waals surface area contributed by atoms with Crippen LogP contribution in [0.15, 0.2) is 41.6 Å². The van der Waals surface area contributed by atoms with Crippen LogP contribution in [0.5, 0.6) is 0 Å². The number of nitrogens with one attached hydrogen (secondary N) is 2. The highest BCUT2D eigenvalue weighted by Crippen LogP contribution is 2.29. The Morgan fingerprint density at radius 2 is 1.67 bits per heavy atom. The molecule has 33 heavy (non-hydrogen) atoms. The van der Waals surface area contributed by atoms with Crippen LogP contribution in [0.2, 0.25) is 0 Å². The van der Waals surface area contributed by atoms with E-state index in [0.717, 1.165) is 9.93 Å². The Balaban J connectivity index is 1.54. The summed E-state index contributed by atoms with van der Waals surface area (Å²) in [5.41, 5.74) is 5.66. The molecule has 0 unspecified atom stereocenters. The zero-order chi connectivity index (χ0) is 23.9. The van der Waals surface area contributed by atoms with E-state index in [4.69, 9.17) is 5.73 Å². The molecule has 2 heterocycles. The van der Waals surface area contributed by atoms with Gasteiger partial charge in [-0.2, -0.15) is 0 Å². The Bertz CT molecular complexity index is 806. The molecular weight excluding hydrogens is 464 g/mol. The molecule has 2 rings (SSSR count). The van der Waals surface area contributed by atoms with E-state index >= 15 is 0 Å². The van der Waals surface area contributed by atoms with E-state index in [2.05, 4.69) is 20.5 Å². The van der Waals surface area contributed by atoms with Crippen molar-refractivity contribution in [3.63, 3.8) is 0 Å². The van der Waals surface area contributed by atoms with Crippen LogP contribution in [0.4, 0.5) is 0 Å². The molecule has 1 aromatic heterocycles. The van der Waals surface area contributed by atoms with Gasteiger partial charge in [-0.3, -0.25) is 29.0 Å². The highest BCUT2D eigenvalue weighted by molar-refractivity contribution is 8.76. The number of amides is 4. The molecule has 0 radical (unpaired) electrons. The highest BCUT2D eigenvalue weighted by Gasteiger charge is 2.23. The van der Waals surface area contributed by atoms with Crippen molar-refractivity contribution in [3.8, 4) is 0 Å². The third kappa shape index (κ3) is 10.8. The SMILES string of the molecule is NCCN(CCNC(=O)CCSSc1ccccn1)CCNC(=O)CCN1C(=O)C=CC1=O. The van der Waals surface area contributed by atoms with Gasteiger partial charge in [0.05, 0.1) is 0 Å². The van der Waals surface area contributed by atoms with Gasteiger partial charge in [-0.05, 0) is 22.9 Å². The molecule has 0 atom stereocenters. The van der Waals surface area contributed by atoms with Crippen LogP contribution in [-0.2, 0) is 19.2 Å². The topological polar surface area (TPSA) is 138 Å². The summed E-state index contributed by atoms with van der Waals surface area (Å²) in [4.78, 5) is 54.3. The Labute approximate surface area is 201 Å². The Morgan fingerprint density at radius 1 is 1.00 bits per heavy atom. The number of carbonyl (C=O) groups is 4. The van der Waals surface area contributed by atoms with Crippen molar-refractivity contribution in [3.05, 3.63) is 36.5 Å². The average Bonchev–Trinajstić information content (AvgIpc) is 3.13. The number of nitrogens with two attached hydrogens (primary N) is 1. The van der Waals surface area contributed by atoms with Gasteiger partial charge in [0, 0.05) is 82.8 Å². The minimum Gasteiger partial charge on any atom is -0.355 e. The van der Waals surface area contributed by atoms with Gasteiger partial charge in [0.2, 0.25) is 11.8 Å². The minimum atomic E-state index is -0.394. The lowest BCUT2D eigenvalue weighted by atomic mass is 10.3. The Hall–Kier alpha value is -2.41. The molecule has 0 aliphatic carbocycles. The zero-order valence-electron chi connectivity index (χ0n) is 18.4. The second kappa shape index (κ2) is 15.4.